The van der Waals surface area contributed by atoms with E-state index in [9.17, 15) is 18.3 Å². The van der Waals surface area contributed by atoms with Crippen LogP contribution >= 0.6 is 11.8 Å². The summed E-state index contributed by atoms with van der Waals surface area (Å²) in [7, 11) is -0.842. The molecule has 4 rings (SSSR count). The minimum absolute atomic E-state index is 0.0745. The van der Waals surface area contributed by atoms with Gasteiger partial charge < -0.3 is 14.6 Å². The number of carboxylic acids is 1. The number of sulfonamides is 1. The van der Waals surface area contributed by atoms with Gasteiger partial charge in [0.2, 0.25) is 10.0 Å². The molecule has 2 aromatic rings. The van der Waals surface area contributed by atoms with Crippen molar-refractivity contribution >= 4 is 27.8 Å². The van der Waals surface area contributed by atoms with Crippen LogP contribution in [0.25, 0.3) is 0 Å². The van der Waals surface area contributed by atoms with E-state index in [-0.39, 0.29) is 16.7 Å². The number of nitrogens with zero attached hydrogens (tertiary/aromatic N) is 1. The van der Waals surface area contributed by atoms with E-state index in [4.69, 9.17) is 9.47 Å². The smallest absolute Gasteiger partial charge is 0.308 e. The van der Waals surface area contributed by atoms with E-state index in [1.807, 2.05) is 13.0 Å². The summed E-state index contributed by atoms with van der Waals surface area (Å²) < 4.78 is 39.9. The van der Waals surface area contributed by atoms with Gasteiger partial charge in [0.1, 0.15) is 0 Å². The molecule has 1 saturated carbocycles. The molecule has 190 valence electrons. The molecule has 0 amide bonds. The lowest BCUT2D eigenvalue weighted by molar-refractivity contribution is -0.143. The van der Waals surface area contributed by atoms with Crippen molar-refractivity contribution in [1.29, 1.82) is 0 Å². The molecule has 7 nitrogen and oxygen atoms in total. The average Bonchev–Trinajstić information content (AvgIpc) is 3.36. The summed E-state index contributed by atoms with van der Waals surface area (Å²) >= 11 is 1.73. The van der Waals surface area contributed by atoms with Crippen LogP contribution in [-0.2, 0) is 14.8 Å². The molecular weight excluding hydrogens is 486 g/mol. The molecule has 3 atom stereocenters. The third kappa shape index (κ3) is 5.47. The van der Waals surface area contributed by atoms with Gasteiger partial charge in [-0.25, -0.2) is 8.42 Å². The molecule has 0 radical (unpaired) electrons. The Bertz CT molecular complexity index is 1140. The molecule has 0 unspecified atom stereocenters. The van der Waals surface area contributed by atoms with Crippen molar-refractivity contribution in [3.63, 3.8) is 0 Å². The van der Waals surface area contributed by atoms with Crippen molar-refractivity contribution < 1.29 is 27.8 Å². The number of hydrogen-bond donors (Lipinski definition) is 1. The number of carbonyl (C=O) groups is 1. The highest BCUT2D eigenvalue weighted by Gasteiger charge is 2.46. The molecule has 1 aliphatic carbocycles. The minimum Gasteiger partial charge on any atom is -0.493 e. The number of benzene rings is 2. The summed E-state index contributed by atoms with van der Waals surface area (Å²) in [5, 5.41) is 10.4. The number of aryl methyl sites for hydroxylation is 1. The summed E-state index contributed by atoms with van der Waals surface area (Å²) in [4.78, 5) is 12.5. The average molecular weight is 520 g/mol. The zero-order valence-electron chi connectivity index (χ0n) is 20.3. The van der Waals surface area contributed by atoms with Gasteiger partial charge in [0.05, 0.1) is 31.1 Å². The molecule has 35 heavy (non-hydrogen) atoms. The molecule has 2 fully saturated rings. The molecule has 1 N–H and O–H groups in total. The lowest BCUT2D eigenvalue weighted by Gasteiger charge is -2.42. The summed E-state index contributed by atoms with van der Waals surface area (Å²) in [5.74, 6) is -0.661. The van der Waals surface area contributed by atoms with Crippen LogP contribution in [-0.4, -0.2) is 55.1 Å². The maximum absolute atomic E-state index is 13.8. The lowest BCUT2D eigenvalue weighted by Crippen LogP contribution is -2.49. The van der Waals surface area contributed by atoms with E-state index >= 15 is 0 Å². The van der Waals surface area contributed by atoms with Gasteiger partial charge in [0.25, 0.3) is 0 Å². The van der Waals surface area contributed by atoms with Gasteiger partial charge >= 0.3 is 5.97 Å². The zero-order valence-corrected chi connectivity index (χ0v) is 22.0. The SMILES string of the molecule is COc1ccc([C@@H]2C[C@@H](SC3CCCC3)[C@H](C(=O)O)CN2S(=O)(=O)c2ccc(C)cc2)cc1OC. The fourth-order valence-corrected chi connectivity index (χ4v) is 8.51. The highest BCUT2D eigenvalue weighted by molar-refractivity contribution is 8.00. The number of methoxy groups -OCH3 is 2. The van der Waals surface area contributed by atoms with E-state index in [1.54, 1.807) is 62.4 Å². The van der Waals surface area contributed by atoms with Crippen molar-refractivity contribution in [3.8, 4) is 11.5 Å². The first-order chi connectivity index (χ1) is 16.7. The van der Waals surface area contributed by atoms with E-state index in [0.717, 1.165) is 36.8 Å². The normalized spacial score (nSPS) is 23.8. The molecule has 0 bridgehead atoms. The Morgan fingerprint density at radius 1 is 1.03 bits per heavy atom. The van der Waals surface area contributed by atoms with Crippen LogP contribution in [0.2, 0.25) is 0 Å². The Labute approximate surface area is 211 Å². The van der Waals surface area contributed by atoms with Crippen LogP contribution in [0.1, 0.15) is 49.3 Å². The maximum Gasteiger partial charge on any atom is 0.308 e. The Morgan fingerprint density at radius 2 is 1.69 bits per heavy atom. The molecule has 1 heterocycles. The van der Waals surface area contributed by atoms with Crippen LogP contribution < -0.4 is 9.47 Å². The first kappa shape index (κ1) is 25.9. The van der Waals surface area contributed by atoms with Crippen LogP contribution in [0.15, 0.2) is 47.4 Å². The number of thioether (sulfide) groups is 1. The third-order valence-corrected chi connectivity index (χ3v) is 10.7. The standard InChI is InChI=1S/C26H33NO6S2/c1-17-8-11-20(12-9-17)35(30,31)27-16-21(26(28)29)25(34-19-6-4-5-7-19)15-22(27)18-10-13-23(32-2)24(14-18)33-3/h8-14,19,21-22,25H,4-7,15-16H2,1-3H3,(H,28,29)/t21-,22+,25-/m1/s1. The topological polar surface area (TPSA) is 93.1 Å². The van der Waals surface area contributed by atoms with Crippen molar-refractivity contribution in [2.45, 2.75) is 60.5 Å². The molecule has 2 aromatic carbocycles. The first-order valence-electron chi connectivity index (χ1n) is 11.9. The van der Waals surface area contributed by atoms with Crippen molar-refractivity contribution in [2.75, 3.05) is 20.8 Å². The van der Waals surface area contributed by atoms with E-state index in [0.29, 0.717) is 23.2 Å². The highest BCUT2D eigenvalue weighted by atomic mass is 32.2. The lowest BCUT2D eigenvalue weighted by atomic mass is 9.90. The Hall–Kier alpha value is -2.23. The van der Waals surface area contributed by atoms with Gasteiger partial charge in [-0.1, -0.05) is 36.6 Å². The molecule has 0 spiro atoms. The number of rotatable bonds is 8. The molecule has 9 heteroatoms. The van der Waals surface area contributed by atoms with Crippen LogP contribution in [0.5, 0.6) is 11.5 Å². The van der Waals surface area contributed by atoms with E-state index in [1.165, 1.54) is 4.31 Å². The number of ether oxygens (including phenoxy) is 2. The summed E-state index contributed by atoms with van der Waals surface area (Å²) in [6.07, 6.45) is 4.91. The van der Waals surface area contributed by atoms with Crippen molar-refractivity contribution in [3.05, 3.63) is 53.6 Å². The Morgan fingerprint density at radius 3 is 2.29 bits per heavy atom. The van der Waals surface area contributed by atoms with Gasteiger partial charge in [-0.05, 0) is 56.0 Å². The van der Waals surface area contributed by atoms with Crippen LogP contribution in [0.3, 0.4) is 0 Å². The van der Waals surface area contributed by atoms with Crippen molar-refractivity contribution in [2.24, 2.45) is 5.92 Å². The first-order valence-corrected chi connectivity index (χ1v) is 14.3. The number of aliphatic carboxylic acids is 1. The predicted octanol–water partition coefficient (Wildman–Crippen LogP) is 4.89. The van der Waals surface area contributed by atoms with E-state index < -0.39 is 28.0 Å². The molecular formula is C26H33NO6S2. The molecule has 1 aliphatic heterocycles. The number of carboxylic acid groups (broad SMARTS) is 1. The minimum atomic E-state index is -3.94. The van der Waals surface area contributed by atoms with Gasteiger partial charge in [-0.3, -0.25) is 4.79 Å². The third-order valence-electron chi connectivity index (χ3n) is 7.04. The zero-order chi connectivity index (χ0) is 25.2. The summed E-state index contributed by atoms with van der Waals surface area (Å²) in [6, 6.07) is 11.6. The van der Waals surface area contributed by atoms with Gasteiger partial charge in [-0.15, -0.1) is 0 Å². The molecule has 0 aromatic heterocycles. The summed E-state index contributed by atoms with van der Waals surface area (Å²) in [6.45, 7) is 1.82. The summed E-state index contributed by atoms with van der Waals surface area (Å²) in [5.41, 5.74) is 1.72. The number of hydrogen-bond acceptors (Lipinski definition) is 6. The van der Waals surface area contributed by atoms with Crippen molar-refractivity contribution in [1.82, 2.24) is 4.31 Å². The Balaban J connectivity index is 1.77. The van der Waals surface area contributed by atoms with Crippen LogP contribution in [0.4, 0.5) is 0 Å². The quantitative estimate of drug-likeness (QED) is 0.531. The maximum atomic E-state index is 13.8. The van der Waals surface area contributed by atoms with Gasteiger partial charge in [0, 0.05) is 17.0 Å². The molecule has 1 saturated heterocycles. The highest BCUT2D eigenvalue weighted by Crippen LogP contribution is 2.46. The monoisotopic (exact) mass is 519 g/mol. The van der Waals surface area contributed by atoms with E-state index in [2.05, 4.69) is 0 Å². The number of piperidine rings is 1. The van der Waals surface area contributed by atoms with Gasteiger partial charge in [0.15, 0.2) is 11.5 Å². The van der Waals surface area contributed by atoms with Gasteiger partial charge in [-0.2, -0.15) is 16.1 Å². The Kier molecular flexibility index (Phi) is 7.98. The largest absolute Gasteiger partial charge is 0.493 e. The molecule has 2 aliphatic rings. The fourth-order valence-electron chi connectivity index (χ4n) is 5.07. The second kappa shape index (κ2) is 10.8. The second-order valence-electron chi connectivity index (χ2n) is 9.28. The van der Waals surface area contributed by atoms with Crippen LogP contribution in [0, 0.1) is 12.8 Å². The fraction of sp³-hybridized carbons (Fsp3) is 0.500. The predicted molar refractivity (Wildman–Crippen MR) is 137 cm³/mol. The second-order valence-corrected chi connectivity index (χ2v) is 12.7.